The summed E-state index contributed by atoms with van der Waals surface area (Å²) < 4.78 is 8.40. The Labute approximate surface area is 120 Å². The first-order chi connectivity index (χ1) is 10.0. The summed E-state index contributed by atoms with van der Waals surface area (Å²) in [5.74, 6) is 0.455. The maximum Gasteiger partial charge on any atom is 0.184 e. The summed E-state index contributed by atoms with van der Waals surface area (Å²) >= 11 is 0. The highest BCUT2D eigenvalue weighted by Gasteiger charge is 2.48. The molecule has 9 heteroatoms. The molecule has 0 bridgehead atoms. The van der Waals surface area contributed by atoms with Gasteiger partial charge in [-0.05, 0) is 0 Å². The molecule has 2 aromatic rings. The van der Waals surface area contributed by atoms with Crippen molar-refractivity contribution >= 4 is 0 Å². The van der Waals surface area contributed by atoms with Crippen LogP contribution in [0.4, 0.5) is 0 Å². The Bertz CT molecular complexity index is 627. The molecular formula is C12H17N5O4. The van der Waals surface area contributed by atoms with Crippen molar-refractivity contribution < 1.29 is 20.1 Å². The van der Waals surface area contributed by atoms with Gasteiger partial charge in [0.15, 0.2) is 12.1 Å². The van der Waals surface area contributed by atoms with Crippen molar-refractivity contribution in [1.29, 1.82) is 0 Å². The van der Waals surface area contributed by atoms with Gasteiger partial charge in [-0.2, -0.15) is 5.10 Å². The second-order valence-corrected chi connectivity index (χ2v) is 5.17. The van der Waals surface area contributed by atoms with Crippen LogP contribution in [0, 0.1) is 0 Å². The summed E-state index contributed by atoms with van der Waals surface area (Å²) in [5.41, 5.74) is -0.728. The van der Waals surface area contributed by atoms with E-state index in [-0.39, 0.29) is 19.6 Å². The monoisotopic (exact) mass is 295 g/mol. The number of ether oxygens (including phenoxy) is 1. The fourth-order valence-electron chi connectivity index (χ4n) is 2.37. The first-order valence-corrected chi connectivity index (χ1v) is 6.56. The first-order valence-electron chi connectivity index (χ1n) is 6.56. The van der Waals surface area contributed by atoms with E-state index in [9.17, 15) is 10.2 Å². The van der Waals surface area contributed by atoms with Crippen LogP contribution < -0.4 is 0 Å². The molecule has 1 aliphatic heterocycles. The predicted octanol–water partition coefficient (Wildman–Crippen LogP) is -1.32. The minimum Gasteiger partial charge on any atom is -0.396 e. The summed E-state index contributed by atoms with van der Waals surface area (Å²) in [5, 5.41) is 37.6. The minimum absolute atomic E-state index is 0.0365. The molecule has 3 atom stereocenters. The Balaban J connectivity index is 1.81. The van der Waals surface area contributed by atoms with Crippen LogP contribution in [-0.2, 0) is 11.8 Å². The van der Waals surface area contributed by atoms with Crippen molar-refractivity contribution in [3.63, 3.8) is 0 Å². The van der Waals surface area contributed by atoms with Crippen molar-refractivity contribution in [1.82, 2.24) is 24.5 Å². The second-order valence-electron chi connectivity index (χ2n) is 5.17. The van der Waals surface area contributed by atoms with Gasteiger partial charge in [0.2, 0.25) is 0 Å². The van der Waals surface area contributed by atoms with Crippen LogP contribution in [-0.4, -0.2) is 64.8 Å². The lowest BCUT2D eigenvalue weighted by Gasteiger charge is -2.25. The average molecular weight is 295 g/mol. The summed E-state index contributed by atoms with van der Waals surface area (Å²) in [6.07, 6.45) is 2.85. The van der Waals surface area contributed by atoms with Gasteiger partial charge in [0.05, 0.1) is 18.4 Å². The fraction of sp³-hybridized carbons (Fsp3) is 0.583. The van der Waals surface area contributed by atoms with Gasteiger partial charge in [0.25, 0.3) is 0 Å². The maximum absolute atomic E-state index is 10.2. The van der Waals surface area contributed by atoms with Crippen molar-refractivity contribution in [3.8, 4) is 11.4 Å². The van der Waals surface area contributed by atoms with Crippen LogP contribution >= 0.6 is 0 Å². The normalized spacial score (nSPS) is 29.1. The molecule has 0 radical (unpaired) electrons. The Morgan fingerprint density at radius 2 is 2.33 bits per heavy atom. The number of hydrogen-bond acceptors (Lipinski definition) is 7. The number of rotatable bonds is 4. The average Bonchev–Trinajstić information content (AvgIpc) is 3.12. The second kappa shape index (κ2) is 5.19. The third-order valence-electron chi connectivity index (χ3n) is 3.60. The molecule has 1 fully saturated rings. The zero-order valence-electron chi connectivity index (χ0n) is 11.5. The standard InChI is InChI=1S/C12H17N5O4/c1-16-5-8(4-14-16)10-13-7-17(15-10)11-9(19)12(20,2-3-18)6-21-11/h4-5,7,9,11,18-20H,2-3,6H2,1H3/t9?,11-,12?/m1/s1. The molecule has 0 spiro atoms. The van der Waals surface area contributed by atoms with E-state index in [2.05, 4.69) is 15.2 Å². The molecule has 0 aromatic carbocycles. The predicted molar refractivity (Wildman–Crippen MR) is 69.9 cm³/mol. The summed E-state index contributed by atoms with van der Waals surface area (Å²) in [6.45, 7) is -0.302. The molecule has 9 nitrogen and oxygen atoms in total. The fourth-order valence-corrected chi connectivity index (χ4v) is 2.37. The van der Waals surface area contributed by atoms with Crippen LogP contribution in [0.2, 0.25) is 0 Å². The molecule has 3 heterocycles. The number of aliphatic hydroxyl groups is 3. The van der Waals surface area contributed by atoms with E-state index in [0.717, 1.165) is 5.56 Å². The van der Waals surface area contributed by atoms with Crippen LogP contribution in [0.3, 0.4) is 0 Å². The Morgan fingerprint density at radius 1 is 1.52 bits per heavy atom. The minimum atomic E-state index is -1.47. The van der Waals surface area contributed by atoms with Crippen molar-refractivity contribution in [3.05, 3.63) is 18.7 Å². The summed E-state index contributed by atoms with van der Waals surface area (Å²) in [4.78, 5) is 4.15. The maximum atomic E-state index is 10.2. The van der Waals surface area contributed by atoms with E-state index in [1.54, 1.807) is 24.1 Å². The van der Waals surface area contributed by atoms with E-state index >= 15 is 0 Å². The van der Waals surface area contributed by atoms with Crippen LogP contribution in [0.25, 0.3) is 11.4 Å². The van der Waals surface area contributed by atoms with Crippen LogP contribution in [0.15, 0.2) is 18.7 Å². The van der Waals surface area contributed by atoms with Crippen LogP contribution in [0.1, 0.15) is 12.6 Å². The lowest BCUT2D eigenvalue weighted by molar-refractivity contribution is -0.0735. The number of hydrogen-bond donors (Lipinski definition) is 3. The third kappa shape index (κ3) is 2.44. The Morgan fingerprint density at radius 3 is 3.00 bits per heavy atom. The first kappa shape index (κ1) is 14.1. The van der Waals surface area contributed by atoms with E-state index in [1.807, 2.05) is 0 Å². The summed E-state index contributed by atoms with van der Waals surface area (Å²) in [6, 6.07) is 0. The number of aryl methyl sites for hydroxylation is 1. The summed E-state index contributed by atoms with van der Waals surface area (Å²) in [7, 11) is 1.79. The Hall–Kier alpha value is -1.81. The van der Waals surface area contributed by atoms with Crippen molar-refractivity contribution in [2.24, 2.45) is 7.05 Å². The number of aromatic nitrogens is 5. The van der Waals surface area contributed by atoms with Crippen molar-refractivity contribution in [2.75, 3.05) is 13.2 Å². The lowest BCUT2D eigenvalue weighted by atomic mass is 9.95. The van der Waals surface area contributed by atoms with Gasteiger partial charge in [-0.3, -0.25) is 4.68 Å². The lowest BCUT2D eigenvalue weighted by Crippen LogP contribution is -2.43. The van der Waals surface area contributed by atoms with Gasteiger partial charge in [0.1, 0.15) is 18.0 Å². The van der Waals surface area contributed by atoms with E-state index in [1.165, 1.54) is 11.0 Å². The molecule has 1 saturated heterocycles. The van der Waals surface area contributed by atoms with Gasteiger partial charge in [0, 0.05) is 26.3 Å². The molecule has 2 unspecified atom stereocenters. The highest BCUT2D eigenvalue weighted by molar-refractivity contribution is 5.50. The molecule has 3 rings (SSSR count). The zero-order chi connectivity index (χ0) is 15.0. The highest BCUT2D eigenvalue weighted by Crippen LogP contribution is 2.33. The van der Waals surface area contributed by atoms with Gasteiger partial charge < -0.3 is 20.1 Å². The SMILES string of the molecule is Cn1cc(-c2ncn([C@@H]3OCC(O)(CCO)C3O)n2)cn1. The van der Waals surface area contributed by atoms with E-state index < -0.39 is 17.9 Å². The highest BCUT2D eigenvalue weighted by atomic mass is 16.5. The van der Waals surface area contributed by atoms with Gasteiger partial charge in [-0.15, -0.1) is 5.10 Å². The quantitative estimate of drug-likeness (QED) is 0.640. The zero-order valence-corrected chi connectivity index (χ0v) is 11.5. The van der Waals surface area contributed by atoms with Gasteiger partial charge in [-0.1, -0.05) is 0 Å². The molecule has 0 aliphatic carbocycles. The van der Waals surface area contributed by atoms with Gasteiger partial charge >= 0.3 is 0 Å². The topological polar surface area (TPSA) is 118 Å². The van der Waals surface area contributed by atoms with Crippen molar-refractivity contribution in [2.45, 2.75) is 24.4 Å². The molecule has 2 aromatic heterocycles. The number of nitrogens with zero attached hydrogens (tertiary/aromatic N) is 5. The Kier molecular flexibility index (Phi) is 3.49. The van der Waals surface area contributed by atoms with Gasteiger partial charge in [-0.25, -0.2) is 9.67 Å². The van der Waals surface area contributed by atoms with E-state index in [4.69, 9.17) is 9.84 Å². The molecule has 0 amide bonds. The molecule has 1 aliphatic rings. The smallest absolute Gasteiger partial charge is 0.184 e. The number of aliphatic hydroxyl groups excluding tert-OH is 2. The largest absolute Gasteiger partial charge is 0.396 e. The molecule has 3 N–H and O–H groups in total. The molecule has 21 heavy (non-hydrogen) atoms. The van der Waals surface area contributed by atoms with Crippen LogP contribution in [0.5, 0.6) is 0 Å². The third-order valence-corrected chi connectivity index (χ3v) is 3.60. The molecular weight excluding hydrogens is 278 g/mol. The molecule has 114 valence electrons. The van der Waals surface area contributed by atoms with E-state index in [0.29, 0.717) is 5.82 Å². The molecule has 0 saturated carbocycles.